The summed E-state index contributed by atoms with van der Waals surface area (Å²) < 4.78 is 0. The molecule has 0 bridgehead atoms. The zero-order chi connectivity index (χ0) is 6.95. The van der Waals surface area contributed by atoms with Gasteiger partial charge in [0.2, 0.25) is 0 Å². The molecule has 1 radical (unpaired) electrons. The molecular formula is C6H12BN2. The van der Waals surface area contributed by atoms with E-state index in [1.165, 1.54) is 6.32 Å². The molecule has 0 atom stereocenters. The molecule has 0 aliphatic heterocycles. The van der Waals surface area contributed by atoms with Crippen LogP contribution in [0.15, 0.2) is 18.5 Å². The predicted octanol–water partition coefficient (Wildman–Crippen LogP) is 1.59. The number of H-pyrrole nitrogens is 1. The van der Waals surface area contributed by atoms with Crippen molar-refractivity contribution in [1.29, 1.82) is 0 Å². The Labute approximate surface area is 56.9 Å². The third kappa shape index (κ3) is 7.27. The van der Waals surface area contributed by atoms with E-state index in [1.54, 1.807) is 12.4 Å². The second kappa shape index (κ2) is 7.27. The first-order chi connectivity index (χ1) is 4.41. The summed E-state index contributed by atoms with van der Waals surface area (Å²) in [7, 11) is 2.12. The molecule has 0 saturated carbocycles. The lowest BCUT2D eigenvalue weighted by molar-refractivity contribution is 1.09. The summed E-state index contributed by atoms with van der Waals surface area (Å²) in [6, 6.07) is 1.83. The molecule has 0 aliphatic carbocycles. The quantitative estimate of drug-likeness (QED) is 0.564. The SMILES string of the molecule is C[B]CC.c1cn[nH]c1. The average molecular weight is 123 g/mol. The maximum absolute atomic E-state index is 3.60. The molecule has 1 aromatic rings. The van der Waals surface area contributed by atoms with E-state index in [2.05, 4.69) is 31.2 Å². The molecule has 0 aromatic carbocycles. The number of rotatable bonds is 1. The van der Waals surface area contributed by atoms with E-state index in [-0.39, 0.29) is 0 Å². The molecule has 3 heteroatoms. The van der Waals surface area contributed by atoms with Gasteiger partial charge in [-0.2, -0.15) is 5.10 Å². The lowest BCUT2D eigenvalue weighted by atomic mass is 9.79. The van der Waals surface area contributed by atoms with E-state index < -0.39 is 0 Å². The van der Waals surface area contributed by atoms with Crippen molar-refractivity contribution < 1.29 is 0 Å². The van der Waals surface area contributed by atoms with E-state index in [9.17, 15) is 0 Å². The fraction of sp³-hybridized carbons (Fsp3) is 0.500. The van der Waals surface area contributed by atoms with Crippen LogP contribution in [0.3, 0.4) is 0 Å². The van der Waals surface area contributed by atoms with Crippen molar-refractivity contribution in [2.24, 2.45) is 0 Å². The molecular weight excluding hydrogens is 111 g/mol. The largest absolute Gasteiger partial charge is 0.286 e. The van der Waals surface area contributed by atoms with Crippen LogP contribution < -0.4 is 0 Å². The Morgan fingerprint density at radius 2 is 2.33 bits per heavy atom. The van der Waals surface area contributed by atoms with Crippen LogP contribution in [-0.4, -0.2) is 17.5 Å². The zero-order valence-electron chi connectivity index (χ0n) is 5.96. The number of hydrogen-bond acceptors (Lipinski definition) is 1. The first-order valence-electron chi connectivity index (χ1n) is 3.13. The van der Waals surface area contributed by atoms with Gasteiger partial charge < -0.3 is 0 Å². The van der Waals surface area contributed by atoms with Crippen LogP contribution in [0.5, 0.6) is 0 Å². The number of aromatic nitrogens is 2. The number of hydrogen-bond donors (Lipinski definition) is 1. The van der Waals surface area contributed by atoms with Gasteiger partial charge in [-0.15, -0.1) is 0 Å². The molecule has 1 heterocycles. The minimum Gasteiger partial charge on any atom is -0.286 e. The Morgan fingerprint density at radius 1 is 1.67 bits per heavy atom. The van der Waals surface area contributed by atoms with Gasteiger partial charge in [0.05, 0.1) is 0 Å². The van der Waals surface area contributed by atoms with Crippen molar-refractivity contribution >= 4 is 7.28 Å². The standard InChI is InChI=1S/C3H8B.C3H4N2/c1-3-4-2;1-2-4-5-3-1/h3H2,1-2H3;1-3H,(H,4,5). The van der Waals surface area contributed by atoms with Crippen LogP contribution in [-0.2, 0) is 0 Å². The van der Waals surface area contributed by atoms with Crippen molar-refractivity contribution in [2.45, 2.75) is 20.1 Å². The maximum Gasteiger partial charge on any atom is 0.105 e. The average Bonchev–Trinajstić information content (AvgIpc) is 2.43. The third-order valence-corrected chi connectivity index (χ3v) is 0.814. The van der Waals surface area contributed by atoms with E-state index in [1.807, 2.05) is 6.07 Å². The van der Waals surface area contributed by atoms with Crippen molar-refractivity contribution in [3.8, 4) is 0 Å². The molecule has 1 N–H and O–H groups in total. The fourth-order valence-corrected chi connectivity index (χ4v) is 0.215. The summed E-state index contributed by atoms with van der Waals surface area (Å²) in [6.45, 7) is 4.18. The van der Waals surface area contributed by atoms with Crippen LogP contribution in [0.1, 0.15) is 6.92 Å². The first kappa shape index (κ1) is 8.27. The molecule has 0 spiro atoms. The lowest BCUT2D eigenvalue weighted by Crippen LogP contribution is -1.67. The smallest absolute Gasteiger partial charge is 0.105 e. The maximum atomic E-state index is 3.60. The van der Waals surface area contributed by atoms with Crippen LogP contribution in [0.2, 0.25) is 13.1 Å². The topological polar surface area (TPSA) is 28.7 Å². The van der Waals surface area contributed by atoms with Crippen molar-refractivity contribution in [2.75, 3.05) is 0 Å². The van der Waals surface area contributed by atoms with Gasteiger partial charge in [-0.3, -0.25) is 5.10 Å². The Hall–Kier alpha value is -0.725. The van der Waals surface area contributed by atoms with Gasteiger partial charge in [0.1, 0.15) is 7.28 Å². The minimum atomic E-state index is 1.19. The summed E-state index contributed by atoms with van der Waals surface area (Å²) in [4.78, 5) is 0. The highest BCUT2D eigenvalue weighted by molar-refractivity contribution is 6.33. The van der Waals surface area contributed by atoms with Gasteiger partial charge in [0.25, 0.3) is 0 Å². The van der Waals surface area contributed by atoms with Gasteiger partial charge in [0.15, 0.2) is 0 Å². The van der Waals surface area contributed by atoms with E-state index in [0.717, 1.165) is 0 Å². The van der Waals surface area contributed by atoms with Crippen molar-refractivity contribution in [3.05, 3.63) is 18.5 Å². The highest BCUT2D eigenvalue weighted by Crippen LogP contribution is 1.65. The molecule has 0 unspecified atom stereocenters. The Kier molecular flexibility index (Phi) is 6.69. The molecule has 2 nitrogen and oxygen atoms in total. The molecule has 0 amide bonds. The molecule has 0 aliphatic rings. The van der Waals surface area contributed by atoms with Crippen LogP contribution in [0.25, 0.3) is 0 Å². The molecule has 49 valence electrons. The summed E-state index contributed by atoms with van der Waals surface area (Å²) in [5.74, 6) is 0. The molecule has 0 fully saturated rings. The highest BCUT2D eigenvalue weighted by atomic mass is 15.1. The summed E-state index contributed by atoms with van der Waals surface area (Å²) >= 11 is 0. The molecule has 0 saturated heterocycles. The minimum absolute atomic E-state index is 1.19. The molecule has 1 aromatic heterocycles. The van der Waals surface area contributed by atoms with E-state index in [4.69, 9.17) is 0 Å². The summed E-state index contributed by atoms with van der Waals surface area (Å²) in [5.41, 5.74) is 0. The lowest BCUT2D eigenvalue weighted by Gasteiger charge is -1.64. The third-order valence-electron chi connectivity index (χ3n) is 0.814. The van der Waals surface area contributed by atoms with Gasteiger partial charge in [0, 0.05) is 12.4 Å². The van der Waals surface area contributed by atoms with E-state index in [0.29, 0.717) is 0 Å². The monoisotopic (exact) mass is 123 g/mol. The summed E-state index contributed by atoms with van der Waals surface area (Å²) in [5, 5.41) is 6.21. The normalized spacial score (nSPS) is 7.33. The van der Waals surface area contributed by atoms with Crippen molar-refractivity contribution in [3.63, 3.8) is 0 Å². The second-order valence-corrected chi connectivity index (χ2v) is 1.58. The van der Waals surface area contributed by atoms with E-state index >= 15 is 0 Å². The number of aromatic amines is 1. The zero-order valence-corrected chi connectivity index (χ0v) is 5.96. The van der Waals surface area contributed by atoms with Crippen LogP contribution in [0, 0.1) is 0 Å². The first-order valence-corrected chi connectivity index (χ1v) is 3.13. The predicted molar refractivity (Wildman–Crippen MR) is 40.7 cm³/mol. The van der Waals surface area contributed by atoms with Crippen LogP contribution >= 0.6 is 0 Å². The van der Waals surface area contributed by atoms with Gasteiger partial charge in [-0.1, -0.05) is 20.1 Å². The Bertz CT molecular complexity index is 86.6. The number of nitrogens with zero attached hydrogens (tertiary/aromatic N) is 1. The van der Waals surface area contributed by atoms with Crippen molar-refractivity contribution in [1.82, 2.24) is 10.2 Å². The summed E-state index contributed by atoms with van der Waals surface area (Å²) in [6.07, 6.45) is 4.65. The fourth-order valence-electron chi connectivity index (χ4n) is 0.215. The molecule has 1 rings (SSSR count). The van der Waals surface area contributed by atoms with Gasteiger partial charge >= 0.3 is 0 Å². The van der Waals surface area contributed by atoms with Gasteiger partial charge in [-0.25, -0.2) is 0 Å². The van der Waals surface area contributed by atoms with Crippen LogP contribution in [0.4, 0.5) is 0 Å². The Balaban J connectivity index is 0.000000148. The second-order valence-electron chi connectivity index (χ2n) is 1.58. The number of nitrogens with one attached hydrogen (secondary N) is 1. The van der Waals surface area contributed by atoms with Gasteiger partial charge in [-0.05, 0) is 6.07 Å². The highest BCUT2D eigenvalue weighted by Gasteiger charge is 1.61. The molecule has 9 heavy (non-hydrogen) atoms. The Morgan fingerprint density at radius 3 is 2.44 bits per heavy atom.